The molecule has 0 bridgehead atoms. The average Bonchev–Trinajstić information content (AvgIpc) is 2.56. The molecule has 0 radical (unpaired) electrons. The molecule has 1 aromatic carbocycles. The fraction of sp³-hybridized carbons (Fsp3) is 0.579. The van der Waals surface area contributed by atoms with Gasteiger partial charge in [0.1, 0.15) is 0 Å². The first kappa shape index (κ1) is 18.5. The third kappa shape index (κ3) is 4.15. The minimum absolute atomic E-state index is 0.101. The maximum Gasteiger partial charge on any atom is 0.251 e. The van der Waals surface area contributed by atoms with Crippen molar-refractivity contribution in [3.05, 3.63) is 29.3 Å². The van der Waals surface area contributed by atoms with Crippen molar-refractivity contribution in [3.8, 4) is 0 Å². The Labute approximate surface area is 144 Å². The molecule has 2 N–H and O–H groups in total. The van der Waals surface area contributed by atoms with Crippen molar-refractivity contribution in [1.29, 1.82) is 0 Å². The van der Waals surface area contributed by atoms with Crippen LogP contribution in [0.4, 0.5) is 5.69 Å². The van der Waals surface area contributed by atoms with Crippen molar-refractivity contribution in [2.75, 3.05) is 18.5 Å². The highest BCUT2D eigenvalue weighted by atomic mass is 16.3. The van der Waals surface area contributed by atoms with Crippen LogP contribution in [0.5, 0.6) is 0 Å². The van der Waals surface area contributed by atoms with Gasteiger partial charge >= 0.3 is 0 Å². The number of anilines is 1. The van der Waals surface area contributed by atoms with E-state index in [9.17, 15) is 14.7 Å². The van der Waals surface area contributed by atoms with Crippen molar-refractivity contribution in [3.63, 3.8) is 0 Å². The molecule has 0 aromatic heterocycles. The zero-order valence-corrected chi connectivity index (χ0v) is 14.9. The van der Waals surface area contributed by atoms with Gasteiger partial charge < -0.3 is 15.3 Å². The summed E-state index contributed by atoms with van der Waals surface area (Å²) < 4.78 is 0. The number of nitrogens with zero attached hydrogens (tertiary/aromatic N) is 1. The largest absolute Gasteiger partial charge is 0.388 e. The first-order valence-corrected chi connectivity index (χ1v) is 8.80. The molecule has 0 atom stereocenters. The van der Waals surface area contributed by atoms with Gasteiger partial charge in [0.05, 0.1) is 5.60 Å². The Morgan fingerprint density at radius 3 is 2.54 bits per heavy atom. The van der Waals surface area contributed by atoms with Gasteiger partial charge in [-0.2, -0.15) is 0 Å². The van der Waals surface area contributed by atoms with E-state index in [4.69, 9.17) is 0 Å². The molecule has 1 aliphatic rings. The monoisotopic (exact) mass is 332 g/mol. The Balaban J connectivity index is 2.06. The Hall–Kier alpha value is -1.88. The van der Waals surface area contributed by atoms with Gasteiger partial charge in [-0.1, -0.05) is 26.7 Å². The Morgan fingerprint density at radius 1 is 1.25 bits per heavy atom. The maximum atomic E-state index is 12.4. The zero-order valence-electron chi connectivity index (χ0n) is 14.9. The van der Waals surface area contributed by atoms with Gasteiger partial charge in [0.15, 0.2) is 0 Å². The summed E-state index contributed by atoms with van der Waals surface area (Å²) in [6, 6.07) is 5.42. The predicted molar refractivity (Wildman–Crippen MR) is 95.3 cm³/mol. The number of aryl methyl sites for hydroxylation is 1. The predicted octanol–water partition coefficient (Wildman–Crippen LogP) is 2.66. The smallest absolute Gasteiger partial charge is 0.251 e. The van der Waals surface area contributed by atoms with Crippen LogP contribution in [0, 0.1) is 0 Å². The number of aliphatic hydroxyl groups is 1. The zero-order chi connectivity index (χ0) is 17.7. The summed E-state index contributed by atoms with van der Waals surface area (Å²) in [7, 11) is 1.76. The highest BCUT2D eigenvalue weighted by Gasteiger charge is 2.26. The third-order valence-electron chi connectivity index (χ3n) is 4.69. The molecule has 132 valence electrons. The molecule has 1 heterocycles. The van der Waals surface area contributed by atoms with Crippen molar-refractivity contribution < 1.29 is 14.7 Å². The van der Waals surface area contributed by atoms with E-state index in [1.807, 2.05) is 26.0 Å². The molecule has 24 heavy (non-hydrogen) atoms. The van der Waals surface area contributed by atoms with Crippen LogP contribution < -0.4 is 10.2 Å². The van der Waals surface area contributed by atoms with Crippen LogP contribution in [-0.4, -0.2) is 36.1 Å². The summed E-state index contributed by atoms with van der Waals surface area (Å²) in [5.41, 5.74) is 1.63. The number of amides is 2. The lowest BCUT2D eigenvalue weighted by molar-refractivity contribution is -0.118. The molecule has 0 unspecified atom stereocenters. The first-order valence-electron chi connectivity index (χ1n) is 8.80. The molecule has 5 heteroatoms. The highest BCUT2D eigenvalue weighted by molar-refractivity contribution is 5.98. The molecule has 0 saturated carbocycles. The topological polar surface area (TPSA) is 69.6 Å². The molecule has 1 aliphatic heterocycles. The van der Waals surface area contributed by atoms with E-state index in [1.165, 1.54) is 0 Å². The molecule has 0 fully saturated rings. The molecule has 5 nitrogen and oxygen atoms in total. The first-order chi connectivity index (χ1) is 11.4. The second kappa shape index (κ2) is 7.79. The van der Waals surface area contributed by atoms with Gasteiger partial charge in [0, 0.05) is 31.3 Å². The van der Waals surface area contributed by atoms with Crippen molar-refractivity contribution in [2.45, 2.75) is 58.0 Å². The lowest BCUT2D eigenvalue weighted by Gasteiger charge is -2.28. The lowest BCUT2D eigenvalue weighted by atomic mass is 9.92. The number of hydrogen-bond acceptors (Lipinski definition) is 3. The van der Waals surface area contributed by atoms with Crippen molar-refractivity contribution in [1.82, 2.24) is 5.32 Å². The van der Waals surface area contributed by atoms with Crippen LogP contribution in [0.2, 0.25) is 0 Å². The van der Waals surface area contributed by atoms with Gasteiger partial charge in [-0.05, 0) is 43.0 Å². The summed E-state index contributed by atoms with van der Waals surface area (Å²) in [5.74, 6) is -0.0770. The van der Waals surface area contributed by atoms with Crippen molar-refractivity contribution >= 4 is 17.5 Å². The van der Waals surface area contributed by atoms with Crippen LogP contribution in [0.3, 0.4) is 0 Å². The SMILES string of the molecule is CCCC(O)(CCC)CNC(=O)c1ccc2c(c1)CCC(=O)N2C. The molecular weight excluding hydrogens is 304 g/mol. The second-order valence-electron chi connectivity index (χ2n) is 6.70. The van der Waals surface area contributed by atoms with E-state index < -0.39 is 5.60 Å². The van der Waals surface area contributed by atoms with Gasteiger partial charge in [0.25, 0.3) is 5.91 Å². The number of nitrogens with one attached hydrogen (secondary N) is 1. The minimum Gasteiger partial charge on any atom is -0.388 e. The van der Waals surface area contributed by atoms with Crippen molar-refractivity contribution in [2.24, 2.45) is 0 Å². The van der Waals surface area contributed by atoms with E-state index >= 15 is 0 Å². The normalized spacial score (nSPS) is 14.5. The van der Waals surface area contributed by atoms with Gasteiger partial charge in [-0.3, -0.25) is 9.59 Å². The molecule has 2 rings (SSSR count). The molecule has 0 spiro atoms. The van der Waals surface area contributed by atoms with Gasteiger partial charge in [-0.15, -0.1) is 0 Å². The molecule has 0 aliphatic carbocycles. The quantitative estimate of drug-likeness (QED) is 0.806. The molecule has 0 saturated heterocycles. The fourth-order valence-corrected chi connectivity index (χ4v) is 3.38. The summed E-state index contributed by atoms with van der Waals surface area (Å²) in [6.45, 7) is 4.33. The van der Waals surface area contributed by atoms with Crippen LogP contribution in [0.15, 0.2) is 18.2 Å². The number of carbonyl (C=O) groups excluding carboxylic acids is 2. The summed E-state index contributed by atoms with van der Waals surface area (Å²) in [4.78, 5) is 25.8. The second-order valence-corrected chi connectivity index (χ2v) is 6.70. The summed E-state index contributed by atoms with van der Waals surface area (Å²) in [5, 5.41) is 13.5. The number of fused-ring (bicyclic) bond motifs is 1. The average molecular weight is 332 g/mol. The van der Waals surface area contributed by atoms with E-state index in [2.05, 4.69) is 5.32 Å². The summed E-state index contributed by atoms with van der Waals surface area (Å²) in [6.07, 6.45) is 4.25. The van der Waals surface area contributed by atoms with Crippen LogP contribution in [0.1, 0.15) is 61.9 Å². The Kier molecular flexibility index (Phi) is 5.99. The lowest BCUT2D eigenvalue weighted by Crippen LogP contribution is -2.43. The van der Waals surface area contributed by atoms with Gasteiger partial charge in [-0.25, -0.2) is 0 Å². The standard InChI is InChI=1S/C19H28N2O3/c1-4-10-19(24,11-5-2)13-20-18(23)15-6-8-16-14(12-15)7-9-17(22)21(16)3/h6,8,12,24H,4-5,7,9-11,13H2,1-3H3,(H,20,23). The highest BCUT2D eigenvalue weighted by Crippen LogP contribution is 2.27. The van der Waals surface area contributed by atoms with Crippen LogP contribution in [-0.2, 0) is 11.2 Å². The number of carbonyl (C=O) groups is 2. The molecule has 1 aromatic rings. The number of hydrogen-bond donors (Lipinski definition) is 2. The minimum atomic E-state index is -0.833. The van der Waals surface area contributed by atoms with E-state index in [1.54, 1.807) is 18.0 Å². The van der Waals surface area contributed by atoms with Gasteiger partial charge in [0.2, 0.25) is 5.91 Å². The number of benzene rings is 1. The maximum absolute atomic E-state index is 12.4. The van der Waals surface area contributed by atoms with E-state index in [-0.39, 0.29) is 18.4 Å². The number of rotatable bonds is 7. The van der Waals surface area contributed by atoms with E-state index in [0.29, 0.717) is 31.2 Å². The molecular formula is C19H28N2O3. The Morgan fingerprint density at radius 2 is 1.92 bits per heavy atom. The van der Waals surface area contributed by atoms with Crippen LogP contribution >= 0.6 is 0 Å². The fourth-order valence-electron chi connectivity index (χ4n) is 3.38. The van der Waals surface area contributed by atoms with E-state index in [0.717, 1.165) is 24.1 Å². The summed E-state index contributed by atoms with van der Waals surface area (Å²) >= 11 is 0. The van der Waals surface area contributed by atoms with Crippen LogP contribution in [0.25, 0.3) is 0 Å². The molecule has 2 amide bonds. The third-order valence-corrected chi connectivity index (χ3v) is 4.69. The Bertz CT molecular complexity index is 607.